The largest absolute Gasteiger partial charge is 0.481 e. The van der Waals surface area contributed by atoms with E-state index < -0.39 is 11.9 Å². The van der Waals surface area contributed by atoms with Crippen LogP contribution in [-0.4, -0.2) is 46.7 Å². The molecule has 18 heavy (non-hydrogen) atoms. The predicted octanol–water partition coefficient (Wildman–Crippen LogP) is 1.27. The number of ether oxygens (including phenoxy) is 1. The molecule has 0 bridgehead atoms. The second-order valence-electron chi connectivity index (χ2n) is 5.47. The van der Waals surface area contributed by atoms with E-state index in [1.165, 1.54) is 0 Å². The zero-order valence-corrected chi connectivity index (χ0v) is 11.0. The van der Waals surface area contributed by atoms with Gasteiger partial charge < -0.3 is 14.7 Å². The van der Waals surface area contributed by atoms with Crippen LogP contribution in [-0.2, 0) is 14.3 Å². The standard InChI is InChI=1S/C13H21NO4/c1-8(13(16)17)7-14(10-4-5-10)12(15)11-6-3-9(2)18-11/h8-11H,3-7H2,1-2H3,(H,16,17). The average Bonchev–Trinajstić information content (AvgIpc) is 3.07. The molecule has 5 heteroatoms. The fourth-order valence-corrected chi connectivity index (χ4v) is 2.35. The quantitative estimate of drug-likeness (QED) is 0.803. The Morgan fingerprint density at radius 2 is 2.00 bits per heavy atom. The fraction of sp³-hybridized carbons (Fsp3) is 0.846. The van der Waals surface area contributed by atoms with Crippen LogP contribution in [0.5, 0.6) is 0 Å². The molecule has 0 aromatic heterocycles. The summed E-state index contributed by atoms with van der Waals surface area (Å²) in [6.07, 6.45) is 3.41. The summed E-state index contributed by atoms with van der Waals surface area (Å²) >= 11 is 0. The third-order valence-electron chi connectivity index (χ3n) is 3.67. The van der Waals surface area contributed by atoms with E-state index in [2.05, 4.69) is 0 Å². The lowest BCUT2D eigenvalue weighted by atomic mass is 10.1. The highest BCUT2D eigenvalue weighted by molar-refractivity contribution is 5.82. The molecule has 0 aromatic carbocycles. The molecule has 5 nitrogen and oxygen atoms in total. The summed E-state index contributed by atoms with van der Waals surface area (Å²) in [6, 6.07) is 0.235. The van der Waals surface area contributed by atoms with Crippen LogP contribution < -0.4 is 0 Å². The number of carboxylic acids is 1. The van der Waals surface area contributed by atoms with Gasteiger partial charge in [0, 0.05) is 12.6 Å². The Kier molecular flexibility index (Phi) is 3.90. The summed E-state index contributed by atoms with van der Waals surface area (Å²) < 4.78 is 5.59. The van der Waals surface area contributed by atoms with Gasteiger partial charge in [0.25, 0.3) is 5.91 Å². The van der Waals surface area contributed by atoms with E-state index in [4.69, 9.17) is 9.84 Å². The van der Waals surface area contributed by atoms with Gasteiger partial charge >= 0.3 is 5.97 Å². The molecule has 1 saturated carbocycles. The lowest BCUT2D eigenvalue weighted by molar-refractivity contribution is -0.147. The van der Waals surface area contributed by atoms with Crippen molar-refractivity contribution in [2.24, 2.45) is 5.92 Å². The fourth-order valence-electron chi connectivity index (χ4n) is 2.35. The van der Waals surface area contributed by atoms with E-state index in [0.29, 0.717) is 6.54 Å². The molecule has 0 spiro atoms. The molecule has 102 valence electrons. The minimum absolute atomic E-state index is 0.0186. The number of hydrogen-bond acceptors (Lipinski definition) is 3. The van der Waals surface area contributed by atoms with Crippen molar-refractivity contribution in [3.05, 3.63) is 0 Å². The van der Waals surface area contributed by atoms with Crippen LogP contribution in [0.1, 0.15) is 39.5 Å². The zero-order chi connectivity index (χ0) is 13.3. The Bertz CT molecular complexity index is 340. The van der Waals surface area contributed by atoms with Gasteiger partial charge in [0.15, 0.2) is 0 Å². The van der Waals surface area contributed by atoms with E-state index in [0.717, 1.165) is 25.7 Å². The number of carbonyl (C=O) groups excluding carboxylic acids is 1. The summed E-state index contributed by atoms with van der Waals surface area (Å²) in [4.78, 5) is 25.0. The SMILES string of the molecule is CC1CCC(C(=O)N(CC(C)C(=O)O)C2CC2)O1. The third kappa shape index (κ3) is 3.02. The first-order valence-electron chi connectivity index (χ1n) is 6.67. The molecular formula is C13H21NO4. The van der Waals surface area contributed by atoms with Crippen LogP contribution in [0.25, 0.3) is 0 Å². The van der Waals surface area contributed by atoms with Crippen molar-refractivity contribution in [2.45, 2.75) is 57.8 Å². The summed E-state index contributed by atoms with van der Waals surface area (Å²) in [7, 11) is 0. The van der Waals surface area contributed by atoms with Crippen molar-refractivity contribution < 1.29 is 19.4 Å². The molecule has 3 unspecified atom stereocenters. The highest BCUT2D eigenvalue weighted by Crippen LogP contribution is 2.30. The maximum atomic E-state index is 12.3. The number of carbonyl (C=O) groups is 2. The first-order valence-corrected chi connectivity index (χ1v) is 6.67. The monoisotopic (exact) mass is 255 g/mol. The minimum Gasteiger partial charge on any atom is -0.481 e. The van der Waals surface area contributed by atoms with Gasteiger partial charge in [-0.15, -0.1) is 0 Å². The molecule has 1 saturated heterocycles. The molecular weight excluding hydrogens is 234 g/mol. The van der Waals surface area contributed by atoms with Crippen molar-refractivity contribution in [1.82, 2.24) is 4.90 Å². The van der Waals surface area contributed by atoms with Gasteiger partial charge in [-0.25, -0.2) is 0 Å². The average molecular weight is 255 g/mol. The van der Waals surface area contributed by atoms with Crippen molar-refractivity contribution in [3.63, 3.8) is 0 Å². The van der Waals surface area contributed by atoms with E-state index >= 15 is 0 Å². The summed E-state index contributed by atoms with van der Waals surface area (Å²) in [5, 5.41) is 8.95. The van der Waals surface area contributed by atoms with Crippen LogP contribution in [0.2, 0.25) is 0 Å². The maximum Gasteiger partial charge on any atom is 0.308 e. The van der Waals surface area contributed by atoms with E-state index in [-0.39, 0.29) is 24.2 Å². The topological polar surface area (TPSA) is 66.8 Å². The van der Waals surface area contributed by atoms with Gasteiger partial charge in [0.2, 0.25) is 0 Å². The smallest absolute Gasteiger partial charge is 0.308 e. The summed E-state index contributed by atoms with van der Waals surface area (Å²) in [5.41, 5.74) is 0. The second-order valence-corrected chi connectivity index (χ2v) is 5.47. The van der Waals surface area contributed by atoms with Crippen molar-refractivity contribution >= 4 is 11.9 Å². The molecule has 2 aliphatic rings. The highest BCUT2D eigenvalue weighted by atomic mass is 16.5. The highest BCUT2D eigenvalue weighted by Gasteiger charge is 2.39. The van der Waals surface area contributed by atoms with Crippen LogP contribution in [0, 0.1) is 5.92 Å². The van der Waals surface area contributed by atoms with Crippen LogP contribution in [0.3, 0.4) is 0 Å². The second kappa shape index (κ2) is 5.26. The Morgan fingerprint density at radius 1 is 1.33 bits per heavy atom. The molecule has 1 aliphatic carbocycles. The lowest BCUT2D eigenvalue weighted by Crippen LogP contribution is -2.44. The normalized spacial score (nSPS) is 29.0. The van der Waals surface area contributed by atoms with Crippen LogP contribution in [0.4, 0.5) is 0 Å². The molecule has 0 aromatic rings. The molecule has 1 amide bonds. The van der Waals surface area contributed by atoms with E-state index in [9.17, 15) is 9.59 Å². The van der Waals surface area contributed by atoms with E-state index in [1.807, 2.05) is 6.92 Å². The van der Waals surface area contributed by atoms with Crippen LogP contribution >= 0.6 is 0 Å². The molecule has 3 atom stereocenters. The van der Waals surface area contributed by atoms with Gasteiger partial charge in [-0.05, 0) is 32.6 Å². The van der Waals surface area contributed by atoms with Gasteiger partial charge in [0.05, 0.1) is 12.0 Å². The number of rotatable bonds is 5. The maximum absolute atomic E-state index is 12.3. The molecule has 2 fully saturated rings. The number of hydrogen-bond donors (Lipinski definition) is 1. The first kappa shape index (κ1) is 13.3. The summed E-state index contributed by atoms with van der Waals surface area (Å²) in [6.45, 7) is 3.91. The van der Waals surface area contributed by atoms with Gasteiger partial charge in [0.1, 0.15) is 6.10 Å². The Balaban J connectivity index is 1.96. The Morgan fingerprint density at radius 3 is 2.44 bits per heavy atom. The zero-order valence-electron chi connectivity index (χ0n) is 11.0. The predicted molar refractivity (Wildman–Crippen MR) is 65.1 cm³/mol. The molecule has 1 aliphatic heterocycles. The lowest BCUT2D eigenvalue weighted by Gasteiger charge is -2.27. The van der Waals surface area contributed by atoms with Gasteiger partial charge in [-0.3, -0.25) is 9.59 Å². The number of amides is 1. The van der Waals surface area contributed by atoms with Crippen LogP contribution in [0.15, 0.2) is 0 Å². The first-order chi connectivity index (χ1) is 8.49. The molecule has 1 N–H and O–H groups in total. The number of carboxylic acid groups (broad SMARTS) is 1. The Labute approximate surface area is 107 Å². The van der Waals surface area contributed by atoms with Crippen molar-refractivity contribution in [1.29, 1.82) is 0 Å². The number of aliphatic carboxylic acids is 1. The van der Waals surface area contributed by atoms with E-state index in [1.54, 1.807) is 11.8 Å². The Hall–Kier alpha value is -1.10. The molecule has 1 heterocycles. The van der Waals surface area contributed by atoms with Crippen molar-refractivity contribution in [2.75, 3.05) is 6.54 Å². The molecule has 2 rings (SSSR count). The number of nitrogens with zero attached hydrogens (tertiary/aromatic N) is 1. The van der Waals surface area contributed by atoms with Crippen molar-refractivity contribution in [3.8, 4) is 0 Å². The van der Waals surface area contributed by atoms with Gasteiger partial charge in [-0.1, -0.05) is 6.92 Å². The third-order valence-corrected chi connectivity index (χ3v) is 3.67. The molecule has 0 radical (unpaired) electrons. The summed E-state index contributed by atoms with van der Waals surface area (Å²) in [5.74, 6) is -1.39. The minimum atomic E-state index is -0.853. The van der Waals surface area contributed by atoms with Gasteiger partial charge in [-0.2, -0.15) is 0 Å².